The number of piperidine rings is 1. The number of amides is 1. The van der Waals surface area contributed by atoms with Crippen molar-refractivity contribution in [2.24, 2.45) is 10.3 Å². The average molecular weight is 437 g/mol. The second-order valence-corrected chi connectivity index (χ2v) is 8.99. The molecule has 10 heteroatoms. The first-order valence-electron chi connectivity index (χ1n) is 9.90. The Morgan fingerprint density at radius 1 is 1.00 bits per heavy atom. The van der Waals surface area contributed by atoms with Gasteiger partial charge < -0.3 is 9.32 Å². The van der Waals surface area contributed by atoms with Crippen molar-refractivity contribution >= 4 is 27.8 Å². The topological polar surface area (TPSA) is 118 Å². The van der Waals surface area contributed by atoms with E-state index in [9.17, 15) is 13.2 Å². The number of rotatable bonds is 3. The van der Waals surface area contributed by atoms with E-state index >= 15 is 0 Å². The van der Waals surface area contributed by atoms with Gasteiger partial charge in [0.05, 0.1) is 0 Å². The summed E-state index contributed by atoms with van der Waals surface area (Å²) in [4.78, 5) is 14.8. The number of anilines is 1. The number of hydrogen-bond acceptors (Lipinski definition) is 7. The number of nitrogens with zero attached hydrogens (tertiary/aromatic N) is 4. The van der Waals surface area contributed by atoms with Crippen LogP contribution in [0.5, 0.6) is 0 Å². The van der Waals surface area contributed by atoms with Crippen LogP contribution in [-0.4, -0.2) is 48.3 Å². The molecule has 9 nitrogen and oxygen atoms in total. The summed E-state index contributed by atoms with van der Waals surface area (Å²) in [6.07, 6.45) is 1.12. The minimum absolute atomic E-state index is 0.0615. The largest absolute Gasteiger partial charge is 0.403 e. The van der Waals surface area contributed by atoms with Gasteiger partial charge in [0, 0.05) is 30.1 Å². The number of carbonyl (C=O) groups excluding carboxylic acids is 1. The third kappa shape index (κ3) is 3.70. The Hall–Kier alpha value is -3.53. The highest BCUT2D eigenvalue weighted by molar-refractivity contribution is 7.90. The van der Waals surface area contributed by atoms with E-state index in [1.54, 1.807) is 24.3 Å². The predicted octanol–water partition coefficient (Wildman–Crippen LogP) is 2.54. The highest BCUT2D eigenvalue weighted by Gasteiger charge is 2.34. The van der Waals surface area contributed by atoms with Crippen molar-refractivity contribution < 1.29 is 17.6 Å². The van der Waals surface area contributed by atoms with E-state index in [-0.39, 0.29) is 22.7 Å². The zero-order valence-electron chi connectivity index (χ0n) is 16.4. The van der Waals surface area contributed by atoms with Gasteiger partial charge in [0.25, 0.3) is 10.0 Å². The summed E-state index contributed by atoms with van der Waals surface area (Å²) < 4.78 is 34.1. The molecule has 31 heavy (non-hydrogen) atoms. The molecule has 0 spiro atoms. The van der Waals surface area contributed by atoms with E-state index in [0.29, 0.717) is 43.2 Å². The summed E-state index contributed by atoms with van der Waals surface area (Å²) >= 11 is 0. The Bertz CT molecular complexity index is 1260. The minimum atomic E-state index is -3.66. The standard InChI is InChI=1S/C21H19N5O4S/c27-19(22-21-24-23-20(30-21)15-6-2-1-3-7-15)14-10-12-26(13-11-14)18-16-8-4-5-9-17(16)31(28,29)25-18/h1-9,14H,10-13H2,(H,22,24,27). The van der Waals surface area contributed by atoms with Crippen molar-refractivity contribution in [3.63, 3.8) is 0 Å². The van der Waals surface area contributed by atoms with Crippen LogP contribution < -0.4 is 5.32 Å². The van der Waals surface area contributed by atoms with Gasteiger partial charge in [0.2, 0.25) is 11.8 Å². The molecule has 0 unspecified atom stereocenters. The first kappa shape index (κ1) is 19.4. The zero-order chi connectivity index (χ0) is 21.4. The van der Waals surface area contributed by atoms with Gasteiger partial charge in [-0.1, -0.05) is 35.4 Å². The number of amidine groups is 1. The molecular formula is C21H19N5O4S. The SMILES string of the molecule is O=C(Nc1nnc(-c2ccccc2)o1)C1CCN(C2=NS(=O)(=O)c3ccccc32)CC1. The molecule has 158 valence electrons. The molecule has 5 rings (SSSR count). The molecule has 0 radical (unpaired) electrons. The molecule has 3 aromatic rings. The van der Waals surface area contributed by atoms with Gasteiger partial charge in [-0.15, -0.1) is 9.50 Å². The number of benzene rings is 2. The van der Waals surface area contributed by atoms with Gasteiger partial charge in [-0.05, 0) is 37.1 Å². The first-order valence-corrected chi connectivity index (χ1v) is 11.3. The Morgan fingerprint density at radius 3 is 2.48 bits per heavy atom. The van der Waals surface area contributed by atoms with Gasteiger partial charge in [-0.25, -0.2) is 0 Å². The van der Waals surface area contributed by atoms with Crippen LogP contribution in [0, 0.1) is 5.92 Å². The second-order valence-electron chi connectivity index (χ2n) is 7.42. The molecule has 1 aromatic heterocycles. The summed E-state index contributed by atoms with van der Waals surface area (Å²) in [6.45, 7) is 1.06. The van der Waals surface area contributed by atoms with Crippen LogP contribution in [0.2, 0.25) is 0 Å². The molecule has 0 saturated carbocycles. The van der Waals surface area contributed by atoms with Crippen molar-refractivity contribution in [1.82, 2.24) is 15.1 Å². The van der Waals surface area contributed by atoms with Crippen LogP contribution >= 0.6 is 0 Å². The molecular weight excluding hydrogens is 418 g/mol. The molecule has 1 N–H and O–H groups in total. The van der Waals surface area contributed by atoms with Crippen LogP contribution in [0.4, 0.5) is 6.01 Å². The lowest BCUT2D eigenvalue weighted by Crippen LogP contribution is -2.41. The van der Waals surface area contributed by atoms with Crippen LogP contribution in [0.3, 0.4) is 0 Å². The van der Waals surface area contributed by atoms with Gasteiger partial charge in [0.15, 0.2) is 5.84 Å². The van der Waals surface area contributed by atoms with E-state index in [2.05, 4.69) is 19.9 Å². The van der Waals surface area contributed by atoms with E-state index in [0.717, 1.165) is 5.56 Å². The highest BCUT2D eigenvalue weighted by Crippen LogP contribution is 2.30. The fraction of sp³-hybridized carbons (Fsp3) is 0.238. The quantitative estimate of drug-likeness (QED) is 0.669. The van der Waals surface area contributed by atoms with Crippen molar-refractivity contribution in [3.8, 4) is 11.5 Å². The fourth-order valence-corrected chi connectivity index (χ4v) is 5.08. The highest BCUT2D eigenvalue weighted by atomic mass is 32.2. The zero-order valence-corrected chi connectivity index (χ0v) is 17.2. The molecule has 0 atom stereocenters. The maximum atomic E-state index is 12.7. The number of nitrogens with one attached hydrogen (secondary N) is 1. The van der Waals surface area contributed by atoms with Crippen molar-refractivity contribution in [2.45, 2.75) is 17.7 Å². The molecule has 1 fully saturated rings. The van der Waals surface area contributed by atoms with Crippen molar-refractivity contribution in [1.29, 1.82) is 0 Å². The molecule has 1 amide bonds. The molecule has 0 bridgehead atoms. The molecule has 0 aliphatic carbocycles. The van der Waals surface area contributed by atoms with Gasteiger partial charge >= 0.3 is 6.01 Å². The predicted molar refractivity (Wildman–Crippen MR) is 113 cm³/mol. The van der Waals surface area contributed by atoms with Crippen LogP contribution in [0.15, 0.2) is 68.3 Å². The number of sulfonamides is 1. The normalized spacial score (nSPS) is 17.8. The Labute approximate surface area is 178 Å². The van der Waals surface area contributed by atoms with E-state index in [1.807, 2.05) is 35.2 Å². The summed E-state index contributed by atoms with van der Waals surface area (Å²) in [7, 11) is -3.66. The van der Waals surface area contributed by atoms with E-state index in [1.165, 1.54) is 0 Å². The summed E-state index contributed by atoms with van der Waals surface area (Å²) in [5, 5.41) is 10.6. The molecule has 3 heterocycles. The Balaban J connectivity index is 1.23. The fourth-order valence-electron chi connectivity index (χ4n) is 3.85. The summed E-state index contributed by atoms with van der Waals surface area (Å²) in [6, 6.07) is 16.2. The van der Waals surface area contributed by atoms with Gasteiger partial charge in [-0.3, -0.25) is 10.1 Å². The van der Waals surface area contributed by atoms with Crippen LogP contribution in [-0.2, 0) is 14.8 Å². The average Bonchev–Trinajstić information content (AvgIpc) is 3.37. The number of carbonyl (C=O) groups is 1. The smallest absolute Gasteiger partial charge is 0.322 e. The van der Waals surface area contributed by atoms with E-state index < -0.39 is 10.0 Å². The molecule has 2 aromatic carbocycles. The first-order chi connectivity index (χ1) is 15.0. The van der Waals surface area contributed by atoms with Gasteiger partial charge in [0.1, 0.15) is 4.90 Å². The summed E-state index contributed by atoms with van der Waals surface area (Å²) in [5.41, 5.74) is 1.39. The lowest BCUT2D eigenvalue weighted by Gasteiger charge is -2.32. The molecule has 2 aliphatic heterocycles. The lowest BCUT2D eigenvalue weighted by molar-refractivity contribution is -0.121. The monoisotopic (exact) mass is 437 g/mol. The Morgan fingerprint density at radius 2 is 1.71 bits per heavy atom. The number of hydrogen-bond donors (Lipinski definition) is 1. The van der Waals surface area contributed by atoms with E-state index in [4.69, 9.17) is 4.42 Å². The van der Waals surface area contributed by atoms with Crippen LogP contribution in [0.1, 0.15) is 18.4 Å². The second kappa shape index (κ2) is 7.62. The summed E-state index contributed by atoms with van der Waals surface area (Å²) in [5.74, 6) is 0.366. The van der Waals surface area contributed by atoms with Crippen molar-refractivity contribution in [2.75, 3.05) is 18.4 Å². The lowest BCUT2D eigenvalue weighted by atomic mass is 9.95. The molecule has 1 saturated heterocycles. The third-order valence-electron chi connectivity index (χ3n) is 5.45. The maximum absolute atomic E-state index is 12.7. The van der Waals surface area contributed by atoms with Crippen molar-refractivity contribution in [3.05, 3.63) is 60.2 Å². The van der Waals surface area contributed by atoms with Crippen LogP contribution in [0.25, 0.3) is 11.5 Å². The number of fused-ring (bicyclic) bond motifs is 1. The Kier molecular flexibility index (Phi) is 4.78. The van der Waals surface area contributed by atoms with Gasteiger partial charge in [-0.2, -0.15) is 8.42 Å². The molecule has 2 aliphatic rings. The maximum Gasteiger partial charge on any atom is 0.322 e. The number of aromatic nitrogens is 2. The third-order valence-corrected chi connectivity index (χ3v) is 6.78. The minimum Gasteiger partial charge on any atom is -0.403 e. The number of likely N-dealkylation sites (tertiary alicyclic amines) is 1.